The number of rotatable bonds is 7. The summed E-state index contributed by atoms with van der Waals surface area (Å²) in [6.45, 7) is 5.63. The maximum absolute atomic E-state index is 11.7. The molecule has 5 rings (SSSR count). The van der Waals surface area contributed by atoms with Crippen molar-refractivity contribution in [1.82, 2.24) is 24.6 Å². The maximum Gasteiger partial charge on any atom is 0.247 e. The van der Waals surface area contributed by atoms with Gasteiger partial charge in [0.15, 0.2) is 0 Å². The van der Waals surface area contributed by atoms with Crippen LogP contribution in [0.15, 0.2) is 67.5 Å². The van der Waals surface area contributed by atoms with Gasteiger partial charge in [-0.1, -0.05) is 24.2 Å². The molecule has 1 aliphatic rings. The first kappa shape index (κ1) is 23.8. The zero-order valence-corrected chi connectivity index (χ0v) is 20.7. The first-order valence-electron chi connectivity index (χ1n) is 11.7. The minimum atomic E-state index is -0.279. The highest BCUT2D eigenvalue weighted by Gasteiger charge is 2.19. The van der Waals surface area contributed by atoms with E-state index in [0.29, 0.717) is 28.5 Å². The monoisotopic (exact) mass is 502 g/mol. The summed E-state index contributed by atoms with van der Waals surface area (Å²) in [6, 6.07) is 13.2. The van der Waals surface area contributed by atoms with Gasteiger partial charge in [-0.15, -0.1) is 0 Å². The van der Waals surface area contributed by atoms with Crippen LogP contribution < -0.4 is 16.0 Å². The SMILES string of the molecule is C=CC(=O)Nc1cccc(Nc2nc(Nc3cnn(C4CCN(C)CC4)c3)nc3ccc(Cl)cc23)c1. The number of aromatic nitrogens is 4. The number of fused-ring (bicyclic) bond motifs is 1. The van der Waals surface area contributed by atoms with Gasteiger partial charge in [-0.3, -0.25) is 9.48 Å². The number of hydrogen-bond acceptors (Lipinski definition) is 7. The molecule has 0 bridgehead atoms. The van der Waals surface area contributed by atoms with Crippen LogP contribution in [-0.4, -0.2) is 50.7 Å². The number of piperidine rings is 1. The molecule has 10 heteroatoms. The molecule has 0 radical (unpaired) electrons. The summed E-state index contributed by atoms with van der Waals surface area (Å²) in [5.41, 5.74) is 2.94. The lowest BCUT2D eigenvalue weighted by Gasteiger charge is -2.28. The molecule has 3 N–H and O–H groups in total. The number of benzene rings is 2. The van der Waals surface area contributed by atoms with Crippen LogP contribution in [0, 0.1) is 0 Å². The summed E-state index contributed by atoms with van der Waals surface area (Å²) in [5, 5.41) is 15.3. The fourth-order valence-corrected chi connectivity index (χ4v) is 4.42. The van der Waals surface area contributed by atoms with Crippen LogP contribution in [-0.2, 0) is 4.79 Å². The Hall–Kier alpha value is -3.95. The van der Waals surface area contributed by atoms with Crippen molar-refractivity contribution < 1.29 is 4.79 Å². The van der Waals surface area contributed by atoms with Gasteiger partial charge in [0.1, 0.15) is 5.82 Å². The van der Waals surface area contributed by atoms with Crippen LogP contribution in [0.25, 0.3) is 10.9 Å². The van der Waals surface area contributed by atoms with E-state index in [4.69, 9.17) is 16.6 Å². The van der Waals surface area contributed by atoms with Crippen LogP contribution in [0.1, 0.15) is 18.9 Å². The van der Waals surface area contributed by atoms with Crippen molar-refractivity contribution in [2.24, 2.45) is 0 Å². The van der Waals surface area contributed by atoms with E-state index in [2.05, 4.69) is 44.6 Å². The zero-order chi connectivity index (χ0) is 25.1. The maximum atomic E-state index is 11.7. The molecule has 36 heavy (non-hydrogen) atoms. The van der Waals surface area contributed by atoms with Gasteiger partial charge < -0.3 is 20.9 Å². The third-order valence-electron chi connectivity index (χ3n) is 6.16. The van der Waals surface area contributed by atoms with E-state index >= 15 is 0 Å². The minimum absolute atomic E-state index is 0.279. The molecule has 2 aromatic heterocycles. The first-order chi connectivity index (χ1) is 17.5. The van der Waals surface area contributed by atoms with Crippen molar-refractivity contribution in [3.8, 4) is 0 Å². The average molecular weight is 503 g/mol. The molecule has 2 aromatic carbocycles. The molecule has 0 saturated carbocycles. The van der Waals surface area contributed by atoms with E-state index in [-0.39, 0.29) is 5.91 Å². The number of carbonyl (C=O) groups is 1. The quantitative estimate of drug-likeness (QED) is 0.292. The van der Waals surface area contributed by atoms with Gasteiger partial charge in [-0.2, -0.15) is 10.1 Å². The normalized spacial score (nSPS) is 14.5. The molecule has 4 aromatic rings. The van der Waals surface area contributed by atoms with E-state index in [1.165, 1.54) is 6.08 Å². The van der Waals surface area contributed by atoms with E-state index in [1.807, 2.05) is 41.2 Å². The molecule has 0 aliphatic carbocycles. The lowest BCUT2D eigenvalue weighted by molar-refractivity contribution is -0.111. The molecular formula is C26H27ClN8O. The number of anilines is 5. The second kappa shape index (κ2) is 10.3. The second-order valence-electron chi connectivity index (χ2n) is 8.82. The van der Waals surface area contributed by atoms with Crippen LogP contribution in [0.2, 0.25) is 5.02 Å². The van der Waals surface area contributed by atoms with Gasteiger partial charge in [0.05, 0.1) is 23.4 Å². The summed E-state index contributed by atoms with van der Waals surface area (Å²) in [4.78, 5) is 23.4. The summed E-state index contributed by atoms with van der Waals surface area (Å²) in [6.07, 6.45) is 7.18. The average Bonchev–Trinajstić information content (AvgIpc) is 3.33. The van der Waals surface area contributed by atoms with Crippen molar-refractivity contribution in [3.63, 3.8) is 0 Å². The van der Waals surface area contributed by atoms with Crippen molar-refractivity contribution >= 4 is 57.2 Å². The van der Waals surface area contributed by atoms with E-state index in [9.17, 15) is 4.79 Å². The predicted octanol–water partition coefficient (Wildman–Crippen LogP) is 5.36. The summed E-state index contributed by atoms with van der Waals surface area (Å²) >= 11 is 6.28. The number of hydrogen-bond donors (Lipinski definition) is 3. The molecule has 9 nitrogen and oxygen atoms in total. The predicted molar refractivity (Wildman–Crippen MR) is 144 cm³/mol. The van der Waals surface area contributed by atoms with Crippen molar-refractivity contribution in [2.75, 3.05) is 36.1 Å². The van der Waals surface area contributed by atoms with E-state index in [1.54, 1.807) is 18.3 Å². The van der Waals surface area contributed by atoms with Gasteiger partial charge in [0.25, 0.3) is 0 Å². The number of amides is 1. The molecule has 1 amide bonds. The number of halogens is 1. The smallest absolute Gasteiger partial charge is 0.247 e. The largest absolute Gasteiger partial charge is 0.339 e. The van der Waals surface area contributed by atoms with Crippen LogP contribution >= 0.6 is 11.6 Å². The Morgan fingerprint density at radius 2 is 1.89 bits per heavy atom. The Balaban J connectivity index is 1.42. The molecule has 3 heterocycles. The van der Waals surface area contributed by atoms with Crippen LogP contribution in [0.4, 0.5) is 28.8 Å². The van der Waals surface area contributed by atoms with Crippen molar-refractivity contribution in [3.05, 3.63) is 72.5 Å². The molecule has 0 atom stereocenters. The minimum Gasteiger partial charge on any atom is -0.339 e. The third kappa shape index (κ3) is 5.48. The topological polar surface area (TPSA) is 100 Å². The van der Waals surface area contributed by atoms with E-state index < -0.39 is 0 Å². The Labute approximate surface area is 214 Å². The molecule has 0 spiro atoms. The number of nitrogens with zero attached hydrogens (tertiary/aromatic N) is 5. The molecule has 1 aliphatic heterocycles. The number of likely N-dealkylation sites (tertiary alicyclic amines) is 1. The molecule has 184 valence electrons. The molecule has 1 fully saturated rings. The van der Waals surface area contributed by atoms with Crippen molar-refractivity contribution in [1.29, 1.82) is 0 Å². The Morgan fingerprint density at radius 1 is 1.08 bits per heavy atom. The second-order valence-corrected chi connectivity index (χ2v) is 9.26. The molecule has 0 unspecified atom stereocenters. The standard InChI is InChI=1S/C26H27ClN8O/c1-3-24(36)29-18-5-4-6-19(14-18)30-25-22-13-17(27)7-8-23(22)32-26(33-25)31-20-15-28-35(16-20)21-9-11-34(2)12-10-21/h3-8,13-16,21H,1,9-12H2,2H3,(H,29,36)(H2,30,31,32,33). The van der Waals surface area contributed by atoms with E-state index in [0.717, 1.165) is 48.2 Å². The lowest BCUT2D eigenvalue weighted by atomic mass is 10.1. The Morgan fingerprint density at radius 3 is 2.69 bits per heavy atom. The van der Waals surface area contributed by atoms with Gasteiger partial charge in [-0.25, -0.2) is 4.98 Å². The van der Waals surface area contributed by atoms with Gasteiger partial charge in [0, 0.05) is 28.0 Å². The third-order valence-corrected chi connectivity index (χ3v) is 6.39. The molecule has 1 saturated heterocycles. The highest BCUT2D eigenvalue weighted by molar-refractivity contribution is 6.31. The molecular weight excluding hydrogens is 476 g/mol. The highest BCUT2D eigenvalue weighted by Crippen LogP contribution is 2.30. The summed E-state index contributed by atoms with van der Waals surface area (Å²) in [7, 11) is 2.15. The van der Waals surface area contributed by atoms with Gasteiger partial charge in [-0.05, 0) is 75.5 Å². The summed E-state index contributed by atoms with van der Waals surface area (Å²) in [5.74, 6) is 0.741. The first-order valence-corrected chi connectivity index (χ1v) is 12.1. The lowest BCUT2D eigenvalue weighted by Crippen LogP contribution is -2.31. The number of carbonyl (C=O) groups excluding carboxylic acids is 1. The van der Waals surface area contributed by atoms with Gasteiger partial charge in [0.2, 0.25) is 11.9 Å². The van der Waals surface area contributed by atoms with Gasteiger partial charge >= 0.3 is 0 Å². The van der Waals surface area contributed by atoms with Crippen LogP contribution in [0.5, 0.6) is 0 Å². The zero-order valence-electron chi connectivity index (χ0n) is 19.9. The fraction of sp³-hybridized carbons (Fsp3) is 0.231. The fourth-order valence-electron chi connectivity index (χ4n) is 4.25. The Bertz CT molecular complexity index is 1410. The van der Waals surface area contributed by atoms with Crippen LogP contribution in [0.3, 0.4) is 0 Å². The van der Waals surface area contributed by atoms with Crippen molar-refractivity contribution in [2.45, 2.75) is 18.9 Å². The Kier molecular flexibility index (Phi) is 6.84. The highest BCUT2D eigenvalue weighted by atomic mass is 35.5. The summed E-state index contributed by atoms with van der Waals surface area (Å²) < 4.78 is 2.03. The number of nitrogens with one attached hydrogen (secondary N) is 3.